The quantitative estimate of drug-likeness (QED) is 0.322. The average molecular weight is 260 g/mol. The molecule has 0 aliphatic rings. The second kappa shape index (κ2) is 6.69. The summed E-state index contributed by atoms with van der Waals surface area (Å²) in [6, 6.07) is 0. The standard InChI is InChI=1S/C10H16N2O6/c13-3-7(15)9(17)5-1-11-2-6(12-5)10(18)8(16)4-14/h1-2,7-10,13-18H,3-4H2/t7-,8-,9+,10+/m1/s1. The molecule has 102 valence electrons. The SMILES string of the molecule is OC[C@@H](O)[C@@H](O)c1cncc([C@H](O)[C@H](O)CO)n1. The van der Waals surface area contributed by atoms with Crippen LogP contribution in [0.1, 0.15) is 23.6 Å². The molecule has 0 fully saturated rings. The van der Waals surface area contributed by atoms with Gasteiger partial charge >= 0.3 is 0 Å². The van der Waals surface area contributed by atoms with E-state index in [1.165, 1.54) is 0 Å². The van der Waals surface area contributed by atoms with Gasteiger partial charge in [-0.2, -0.15) is 0 Å². The zero-order valence-corrected chi connectivity index (χ0v) is 9.46. The van der Waals surface area contributed by atoms with E-state index in [4.69, 9.17) is 10.2 Å². The number of rotatable bonds is 6. The van der Waals surface area contributed by atoms with Crippen LogP contribution < -0.4 is 0 Å². The van der Waals surface area contributed by atoms with E-state index in [0.717, 1.165) is 12.4 Å². The summed E-state index contributed by atoms with van der Waals surface area (Å²) in [6.07, 6.45) is -3.44. The van der Waals surface area contributed by atoms with Crippen LogP contribution in [0.25, 0.3) is 0 Å². The monoisotopic (exact) mass is 260 g/mol. The Morgan fingerprint density at radius 3 is 1.56 bits per heavy atom. The Hall–Kier alpha value is -1.16. The fourth-order valence-electron chi connectivity index (χ4n) is 1.28. The van der Waals surface area contributed by atoms with Gasteiger partial charge in [0.25, 0.3) is 0 Å². The molecule has 0 amide bonds. The summed E-state index contributed by atoms with van der Waals surface area (Å²) in [5.41, 5.74) is -0.114. The first-order chi connectivity index (χ1) is 8.51. The molecule has 8 nitrogen and oxygen atoms in total. The smallest absolute Gasteiger partial charge is 0.126 e. The summed E-state index contributed by atoms with van der Waals surface area (Å²) in [5.74, 6) is 0. The Kier molecular flexibility index (Phi) is 5.54. The maximum absolute atomic E-state index is 9.59. The molecule has 0 unspecified atom stereocenters. The van der Waals surface area contributed by atoms with Crippen molar-refractivity contribution in [3.63, 3.8) is 0 Å². The summed E-state index contributed by atoms with van der Waals surface area (Å²) >= 11 is 0. The first kappa shape index (κ1) is 14.9. The van der Waals surface area contributed by atoms with Gasteiger partial charge in [0.05, 0.1) is 37.0 Å². The van der Waals surface area contributed by atoms with E-state index in [1.54, 1.807) is 0 Å². The largest absolute Gasteiger partial charge is 0.394 e. The van der Waals surface area contributed by atoms with Crippen LogP contribution in [0.2, 0.25) is 0 Å². The molecule has 1 aromatic rings. The van der Waals surface area contributed by atoms with Crippen LogP contribution in [-0.4, -0.2) is 66.0 Å². The molecular weight excluding hydrogens is 244 g/mol. The second-order valence-corrected chi connectivity index (χ2v) is 3.76. The van der Waals surface area contributed by atoms with Crippen LogP contribution >= 0.6 is 0 Å². The van der Waals surface area contributed by atoms with Crippen molar-refractivity contribution in [2.75, 3.05) is 13.2 Å². The Morgan fingerprint density at radius 1 is 0.833 bits per heavy atom. The molecule has 18 heavy (non-hydrogen) atoms. The van der Waals surface area contributed by atoms with E-state index in [2.05, 4.69) is 9.97 Å². The number of nitrogens with zero attached hydrogens (tertiary/aromatic N) is 2. The molecule has 0 saturated heterocycles. The van der Waals surface area contributed by atoms with Crippen LogP contribution in [0, 0.1) is 0 Å². The van der Waals surface area contributed by atoms with Crippen LogP contribution in [0.4, 0.5) is 0 Å². The van der Waals surface area contributed by atoms with E-state index >= 15 is 0 Å². The van der Waals surface area contributed by atoms with E-state index in [1.807, 2.05) is 0 Å². The number of aromatic nitrogens is 2. The third-order valence-electron chi connectivity index (χ3n) is 2.38. The van der Waals surface area contributed by atoms with Gasteiger partial charge in [-0.1, -0.05) is 0 Å². The molecule has 0 saturated carbocycles. The van der Waals surface area contributed by atoms with Crippen LogP contribution in [0.3, 0.4) is 0 Å². The van der Waals surface area contributed by atoms with Crippen molar-refractivity contribution in [3.8, 4) is 0 Å². The molecule has 6 N–H and O–H groups in total. The van der Waals surface area contributed by atoms with Crippen LogP contribution in [-0.2, 0) is 0 Å². The highest BCUT2D eigenvalue weighted by molar-refractivity contribution is 5.10. The van der Waals surface area contributed by atoms with Crippen molar-refractivity contribution in [1.29, 1.82) is 0 Å². The topological polar surface area (TPSA) is 147 Å². The molecule has 0 spiro atoms. The number of hydrogen-bond acceptors (Lipinski definition) is 8. The van der Waals surface area contributed by atoms with Gasteiger partial charge in [0.1, 0.15) is 24.4 Å². The van der Waals surface area contributed by atoms with Gasteiger partial charge in [-0.05, 0) is 0 Å². The molecule has 0 aliphatic carbocycles. The molecule has 1 rings (SSSR count). The van der Waals surface area contributed by atoms with Gasteiger partial charge in [0.2, 0.25) is 0 Å². The molecule has 4 atom stereocenters. The molecular formula is C10H16N2O6. The van der Waals surface area contributed by atoms with Crippen molar-refractivity contribution in [1.82, 2.24) is 9.97 Å². The van der Waals surface area contributed by atoms with Crippen molar-refractivity contribution in [2.24, 2.45) is 0 Å². The molecule has 0 radical (unpaired) electrons. The number of hydrogen-bond donors (Lipinski definition) is 6. The summed E-state index contributed by atoms with van der Waals surface area (Å²) < 4.78 is 0. The van der Waals surface area contributed by atoms with Gasteiger partial charge in [-0.3, -0.25) is 4.98 Å². The van der Waals surface area contributed by atoms with Crippen LogP contribution in [0.15, 0.2) is 12.4 Å². The minimum absolute atomic E-state index is 0.0572. The Balaban J connectivity index is 2.91. The predicted octanol–water partition coefficient (Wildman–Crippen LogP) is -2.75. The highest BCUT2D eigenvalue weighted by Gasteiger charge is 2.23. The first-order valence-corrected chi connectivity index (χ1v) is 5.27. The molecule has 0 bridgehead atoms. The highest BCUT2D eigenvalue weighted by Crippen LogP contribution is 2.18. The average Bonchev–Trinajstić information content (AvgIpc) is 2.43. The van der Waals surface area contributed by atoms with Gasteiger partial charge < -0.3 is 30.6 Å². The van der Waals surface area contributed by atoms with E-state index in [9.17, 15) is 20.4 Å². The Labute approximate surface area is 103 Å². The van der Waals surface area contributed by atoms with Crippen molar-refractivity contribution < 1.29 is 30.6 Å². The van der Waals surface area contributed by atoms with E-state index in [-0.39, 0.29) is 11.4 Å². The number of aliphatic hydroxyl groups excluding tert-OH is 6. The normalized spacial score (nSPS) is 18.1. The maximum Gasteiger partial charge on any atom is 0.126 e. The van der Waals surface area contributed by atoms with Crippen molar-refractivity contribution in [2.45, 2.75) is 24.4 Å². The maximum atomic E-state index is 9.59. The molecule has 1 aromatic heterocycles. The second-order valence-electron chi connectivity index (χ2n) is 3.76. The molecule has 1 heterocycles. The summed E-state index contributed by atoms with van der Waals surface area (Å²) in [7, 11) is 0. The molecule has 0 aromatic carbocycles. The third kappa shape index (κ3) is 3.42. The van der Waals surface area contributed by atoms with Crippen molar-refractivity contribution >= 4 is 0 Å². The Morgan fingerprint density at radius 2 is 1.22 bits per heavy atom. The van der Waals surface area contributed by atoms with Gasteiger partial charge in [-0.25, -0.2) is 4.98 Å². The fraction of sp³-hybridized carbons (Fsp3) is 0.600. The minimum atomic E-state index is -1.46. The summed E-state index contributed by atoms with van der Waals surface area (Å²) in [4.78, 5) is 7.50. The Bertz CT molecular complexity index is 346. The van der Waals surface area contributed by atoms with E-state index < -0.39 is 37.6 Å². The highest BCUT2D eigenvalue weighted by atomic mass is 16.4. The lowest BCUT2D eigenvalue weighted by Gasteiger charge is -2.18. The molecule has 0 aliphatic heterocycles. The van der Waals surface area contributed by atoms with Crippen molar-refractivity contribution in [3.05, 3.63) is 23.8 Å². The predicted molar refractivity (Wildman–Crippen MR) is 58.1 cm³/mol. The zero-order chi connectivity index (χ0) is 13.7. The minimum Gasteiger partial charge on any atom is -0.394 e. The third-order valence-corrected chi connectivity index (χ3v) is 2.38. The van der Waals surface area contributed by atoms with Gasteiger partial charge in [-0.15, -0.1) is 0 Å². The van der Waals surface area contributed by atoms with Gasteiger partial charge in [0.15, 0.2) is 0 Å². The number of aliphatic hydroxyl groups is 6. The van der Waals surface area contributed by atoms with Gasteiger partial charge in [0, 0.05) is 0 Å². The lowest BCUT2D eigenvalue weighted by molar-refractivity contribution is -0.0230. The molecule has 8 heteroatoms. The fourth-order valence-corrected chi connectivity index (χ4v) is 1.28. The van der Waals surface area contributed by atoms with Crippen LogP contribution in [0.5, 0.6) is 0 Å². The summed E-state index contributed by atoms with van der Waals surface area (Å²) in [6.45, 7) is -1.32. The summed E-state index contributed by atoms with van der Waals surface area (Å²) in [5, 5.41) is 55.0. The lowest BCUT2D eigenvalue weighted by atomic mass is 10.1. The lowest BCUT2D eigenvalue weighted by Crippen LogP contribution is -2.26. The zero-order valence-electron chi connectivity index (χ0n) is 9.46. The van der Waals surface area contributed by atoms with E-state index in [0.29, 0.717) is 0 Å². The first-order valence-electron chi connectivity index (χ1n) is 5.27.